The van der Waals surface area contributed by atoms with Crippen molar-refractivity contribution in [2.75, 3.05) is 6.54 Å². The third-order valence-electron chi connectivity index (χ3n) is 2.48. The molecule has 88 valence electrons. The highest BCUT2D eigenvalue weighted by Crippen LogP contribution is 2.22. The Kier molecular flexibility index (Phi) is 4.39. The zero-order valence-electron chi connectivity index (χ0n) is 8.98. The van der Waals surface area contributed by atoms with Gasteiger partial charge in [0.05, 0.1) is 18.1 Å². The van der Waals surface area contributed by atoms with Crippen LogP contribution in [0.3, 0.4) is 0 Å². The largest absolute Gasteiger partial charge is 0.391 e. The van der Waals surface area contributed by atoms with Crippen molar-refractivity contribution in [1.29, 1.82) is 0 Å². The maximum atomic E-state index is 10.5. The molecule has 0 saturated heterocycles. The van der Waals surface area contributed by atoms with Crippen molar-refractivity contribution in [1.82, 2.24) is 0 Å². The number of hydrogen-bond donors (Lipinski definition) is 2. The Morgan fingerprint density at radius 2 is 1.88 bits per heavy atom. The van der Waals surface area contributed by atoms with E-state index in [1.165, 1.54) is 6.92 Å². The first-order chi connectivity index (χ1) is 7.52. The first-order valence-electron chi connectivity index (χ1n) is 5.05. The number of rotatable bonds is 5. The SMILES string of the molecule is CC(O)C(O)[C@H](C[N+](=O)[O-])c1ccccc1. The highest BCUT2D eigenvalue weighted by molar-refractivity contribution is 5.21. The maximum Gasteiger partial charge on any atom is 0.213 e. The van der Waals surface area contributed by atoms with Gasteiger partial charge >= 0.3 is 0 Å². The zero-order chi connectivity index (χ0) is 12.1. The zero-order valence-corrected chi connectivity index (χ0v) is 8.98. The molecule has 16 heavy (non-hydrogen) atoms. The van der Waals surface area contributed by atoms with Crippen LogP contribution >= 0.6 is 0 Å². The van der Waals surface area contributed by atoms with E-state index in [1.807, 2.05) is 0 Å². The highest BCUT2D eigenvalue weighted by atomic mass is 16.6. The number of hydrogen-bond acceptors (Lipinski definition) is 4. The first-order valence-corrected chi connectivity index (χ1v) is 5.05. The summed E-state index contributed by atoms with van der Waals surface area (Å²) in [7, 11) is 0. The Morgan fingerprint density at radius 3 is 2.31 bits per heavy atom. The van der Waals surface area contributed by atoms with Gasteiger partial charge in [-0.3, -0.25) is 10.1 Å². The van der Waals surface area contributed by atoms with Crippen molar-refractivity contribution in [3.05, 3.63) is 46.0 Å². The summed E-state index contributed by atoms with van der Waals surface area (Å²) in [5.41, 5.74) is 0.660. The molecule has 0 amide bonds. The summed E-state index contributed by atoms with van der Waals surface area (Å²) >= 11 is 0. The highest BCUT2D eigenvalue weighted by Gasteiger charge is 2.29. The lowest BCUT2D eigenvalue weighted by atomic mass is 9.91. The number of nitrogens with zero attached hydrogens (tertiary/aromatic N) is 1. The summed E-state index contributed by atoms with van der Waals surface area (Å²) in [6, 6.07) is 8.70. The molecule has 0 fully saturated rings. The van der Waals surface area contributed by atoms with Crippen LogP contribution in [0.5, 0.6) is 0 Å². The van der Waals surface area contributed by atoms with Gasteiger partial charge in [0.15, 0.2) is 0 Å². The van der Waals surface area contributed by atoms with Crippen molar-refractivity contribution in [3.63, 3.8) is 0 Å². The van der Waals surface area contributed by atoms with Crippen molar-refractivity contribution < 1.29 is 15.1 Å². The molecule has 0 saturated carbocycles. The smallest absolute Gasteiger partial charge is 0.213 e. The summed E-state index contributed by atoms with van der Waals surface area (Å²) in [6.07, 6.45) is -2.13. The number of aliphatic hydroxyl groups is 2. The van der Waals surface area contributed by atoms with E-state index >= 15 is 0 Å². The van der Waals surface area contributed by atoms with Gasteiger partial charge < -0.3 is 10.2 Å². The van der Waals surface area contributed by atoms with E-state index in [0.29, 0.717) is 5.56 Å². The van der Waals surface area contributed by atoms with Crippen LogP contribution < -0.4 is 0 Å². The Labute approximate surface area is 93.5 Å². The molecule has 1 rings (SSSR count). The first kappa shape index (κ1) is 12.6. The van der Waals surface area contributed by atoms with Crippen molar-refractivity contribution in [2.45, 2.75) is 25.0 Å². The van der Waals surface area contributed by atoms with Crippen LogP contribution in [-0.2, 0) is 0 Å². The van der Waals surface area contributed by atoms with Gasteiger partial charge in [-0.25, -0.2) is 0 Å². The van der Waals surface area contributed by atoms with Gasteiger partial charge in [0.2, 0.25) is 6.54 Å². The fourth-order valence-electron chi connectivity index (χ4n) is 1.61. The van der Waals surface area contributed by atoms with E-state index in [9.17, 15) is 20.3 Å². The van der Waals surface area contributed by atoms with E-state index in [0.717, 1.165) is 0 Å². The van der Waals surface area contributed by atoms with Crippen LogP contribution in [0.2, 0.25) is 0 Å². The van der Waals surface area contributed by atoms with Gasteiger partial charge in [0.1, 0.15) is 0 Å². The monoisotopic (exact) mass is 225 g/mol. The fraction of sp³-hybridized carbons (Fsp3) is 0.455. The molecule has 1 aromatic rings. The molecule has 2 N–H and O–H groups in total. The molecule has 0 aliphatic carbocycles. The van der Waals surface area contributed by atoms with E-state index in [2.05, 4.69) is 0 Å². The second-order valence-electron chi connectivity index (χ2n) is 3.76. The van der Waals surface area contributed by atoms with E-state index < -0.39 is 29.6 Å². The number of aliphatic hydroxyl groups excluding tert-OH is 2. The van der Waals surface area contributed by atoms with Crippen LogP contribution in [-0.4, -0.2) is 33.9 Å². The minimum absolute atomic E-state index is 0.393. The lowest BCUT2D eigenvalue weighted by Crippen LogP contribution is -2.33. The Bertz CT molecular complexity index is 339. The van der Waals surface area contributed by atoms with Crippen LogP contribution in [0.4, 0.5) is 0 Å². The predicted octanol–water partition coefficient (Wildman–Crippen LogP) is 0.789. The molecule has 0 bridgehead atoms. The number of benzene rings is 1. The molecule has 0 aliphatic heterocycles. The Hall–Kier alpha value is -1.46. The summed E-state index contributed by atoms with van der Waals surface area (Å²) < 4.78 is 0. The second-order valence-corrected chi connectivity index (χ2v) is 3.76. The van der Waals surface area contributed by atoms with Crippen molar-refractivity contribution >= 4 is 0 Å². The third-order valence-corrected chi connectivity index (χ3v) is 2.48. The standard InChI is InChI=1S/C11H15NO4/c1-8(13)11(14)10(7-12(15)16)9-5-3-2-4-6-9/h2-6,8,10-11,13-14H,7H2,1H3/t8?,10-,11?/m1/s1. The third kappa shape index (κ3) is 3.29. The van der Waals surface area contributed by atoms with Gasteiger partial charge in [-0.1, -0.05) is 30.3 Å². The quantitative estimate of drug-likeness (QED) is 0.573. The molecule has 0 spiro atoms. The van der Waals surface area contributed by atoms with E-state index in [4.69, 9.17) is 0 Å². The molecule has 0 heterocycles. The Morgan fingerprint density at radius 1 is 1.31 bits per heavy atom. The van der Waals surface area contributed by atoms with Gasteiger partial charge in [0.25, 0.3) is 0 Å². The molecule has 0 radical (unpaired) electrons. The molecule has 5 nitrogen and oxygen atoms in total. The Balaban J connectivity index is 2.91. The van der Waals surface area contributed by atoms with E-state index in [1.54, 1.807) is 30.3 Å². The molecule has 3 atom stereocenters. The summed E-state index contributed by atoms with van der Waals surface area (Å²) in [4.78, 5) is 10.0. The van der Waals surface area contributed by atoms with E-state index in [-0.39, 0.29) is 0 Å². The van der Waals surface area contributed by atoms with Crippen LogP contribution in [0.15, 0.2) is 30.3 Å². The molecular formula is C11H15NO4. The molecular weight excluding hydrogens is 210 g/mol. The van der Waals surface area contributed by atoms with Crippen molar-refractivity contribution in [2.24, 2.45) is 0 Å². The van der Waals surface area contributed by atoms with Crippen LogP contribution in [0.1, 0.15) is 18.4 Å². The molecule has 0 aliphatic rings. The summed E-state index contributed by atoms with van der Waals surface area (Å²) in [5.74, 6) is -0.684. The molecule has 1 aromatic carbocycles. The maximum absolute atomic E-state index is 10.5. The second kappa shape index (κ2) is 5.58. The van der Waals surface area contributed by atoms with Crippen LogP contribution in [0.25, 0.3) is 0 Å². The fourth-order valence-corrected chi connectivity index (χ4v) is 1.61. The van der Waals surface area contributed by atoms with Gasteiger partial charge in [0, 0.05) is 4.92 Å². The molecule has 0 aromatic heterocycles. The normalized spacial score (nSPS) is 16.4. The van der Waals surface area contributed by atoms with Crippen molar-refractivity contribution in [3.8, 4) is 0 Å². The topological polar surface area (TPSA) is 83.6 Å². The molecule has 5 heteroatoms. The summed E-state index contributed by atoms with van der Waals surface area (Å²) in [5, 5.41) is 29.5. The van der Waals surface area contributed by atoms with Gasteiger partial charge in [-0.05, 0) is 12.5 Å². The minimum atomic E-state index is -1.13. The summed E-state index contributed by atoms with van der Waals surface area (Å²) in [6.45, 7) is 1.02. The van der Waals surface area contributed by atoms with Gasteiger partial charge in [-0.15, -0.1) is 0 Å². The average molecular weight is 225 g/mol. The average Bonchev–Trinajstić information content (AvgIpc) is 2.26. The van der Waals surface area contributed by atoms with Crippen LogP contribution in [0, 0.1) is 10.1 Å². The lowest BCUT2D eigenvalue weighted by molar-refractivity contribution is -0.485. The molecule has 2 unspecified atom stereocenters. The predicted molar refractivity (Wildman–Crippen MR) is 58.7 cm³/mol. The number of nitro groups is 1. The minimum Gasteiger partial charge on any atom is -0.391 e. The van der Waals surface area contributed by atoms with Gasteiger partial charge in [-0.2, -0.15) is 0 Å². The lowest BCUT2D eigenvalue weighted by Gasteiger charge is -2.22.